The Morgan fingerprint density at radius 3 is 2.90 bits per heavy atom. The second-order valence-electron chi connectivity index (χ2n) is 4.75. The number of carbonyl (C=O) groups is 2. The lowest BCUT2D eigenvalue weighted by Gasteiger charge is -2.33. The average molecular weight is 357 g/mol. The Kier molecular flexibility index (Phi) is 5.48. The Balaban J connectivity index is 1.95. The second-order valence-corrected chi connectivity index (χ2v) is 6.71. The number of hydrogen-bond acceptors (Lipinski definition) is 3. The standard InChI is InChI=1S/C14H17BrN2O2S/c15-10-4-3-5-11(8-10)20-9-13(18)17-7-2-1-6-12(17)14(16)19/h3-5,8,12H,1-2,6-7,9H2,(H2,16,19)/t12-/m0/s1. The quantitative estimate of drug-likeness (QED) is 0.842. The summed E-state index contributed by atoms with van der Waals surface area (Å²) < 4.78 is 0.989. The summed E-state index contributed by atoms with van der Waals surface area (Å²) in [4.78, 5) is 26.3. The van der Waals surface area contributed by atoms with E-state index in [0.29, 0.717) is 18.7 Å². The van der Waals surface area contributed by atoms with E-state index >= 15 is 0 Å². The molecular weight excluding hydrogens is 340 g/mol. The van der Waals surface area contributed by atoms with Gasteiger partial charge in [0, 0.05) is 15.9 Å². The molecule has 4 nitrogen and oxygen atoms in total. The maximum Gasteiger partial charge on any atom is 0.240 e. The van der Waals surface area contributed by atoms with Crippen molar-refractivity contribution in [3.63, 3.8) is 0 Å². The first-order valence-electron chi connectivity index (χ1n) is 6.55. The highest BCUT2D eigenvalue weighted by molar-refractivity contribution is 9.10. The van der Waals surface area contributed by atoms with Crippen LogP contribution >= 0.6 is 27.7 Å². The van der Waals surface area contributed by atoms with E-state index < -0.39 is 11.9 Å². The molecule has 0 unspecified atom stereocenters. The Morgan fingerprint density at radius 1 is 1.40 bits per heavy atom. The maximum atomic E-state index is 12.3. The molecule has 1 aliphatic rings. The van der Waals surface area contributed by atoms with Crippen molar-refractivity contribution in [2.24, 2.45) is 5.73 Å². The molecule has 1 heterocycles. The molecule has 0 saturated carbocycles. The summed E-state index contributed by atoms with van der Waals surface area (Å²) in [7, 11) is 0. The Bertz CT molecular complexity index is 510. The molecule has 2 N–H and O–H groups in total. The summed E-state index contributed by atoms with van der Waals surface area (Å²) in [6, 6.07) is 7.38. The van der Waals surface area contributed by atoms with Crippen molar-refractivity contribution >= 4 is 39.5 Å². The maximum absolute atomic E-state index is 12.3. The van der Waals surface area contributed by atoms with Gasteiger partial charge in [-0.1, -0.05) is 22.0 Å². The smallest absolute Gasteiger partial charge is 0.240 e. The molecule has 1 aromatic rings. The van der Waals surface area contributed by atoms with E-state index in [1.165, 1.54) is 11.8 Å². The molecule has 0 radical (unpaired) electrons. The highest BCUT2D eigenvalue weighted by Crippen LogP contribution is 2.24. The molecule has 2 amide bonds. The van der Waals surface area contributed by atoms with Crippen LogP contribution in [0.25, 0.3) is 0 Å². The van der Waals surface area contributed by atoms with E-state index in [0.717, 1.165) is 22.2 Å². The van der Waals surface area contributed by atoms with Crippen molar-refractivity contribution in [3.05, 3.63) is 28.7 Å². The molecule has 0 aromatic heterocycles. The number of piperidine rings is 1. The van der Waals surface area contributed by atoms with Crippen LogP contribution in [0.2, 0.25) is 0 Å². The first kappa shape index (κ1) is 15.4. The fourth-order valence-corrected chi connectivity index (χ4v) is 3.70. The van der Waals surface area contributed by atoms with Gasteiger partial charge in [0.25, 0.3) is 0 Å². The number of nitrogens with zero attached hydrogens (tertiary/aromatic N) is 1. The summed E-state index contributed by atoms with van der Waals surface area (Å²) in [6.07, 6.45) is 2.58. The van der Waals surface area contributed by atoms with Crippen molar-refractivity contribution in [2.45, 2.75) is 30.2 Å². The Morgan fingerprint density at radius 2 is 2.20 bits per heavy atom. The third-order valence-corrected chi connectivity index (χ3v) is 4.78. The lowest BCUT2D eigenvalue weighted by Crippen LogP contribution is -2.51. The summed E-state index contributed by atoms with van der Waals surface area (Å²) in [5, 5.41) is 0. The second kappa shape index (κ2) is 7.13. The number of amides is 2. The number of thioether (sulfide) groups is 1. The van der Waals surface area contributed by atoms with Gasteiger partial charge in [-0.2, -0.15) is 0 Å². The number of primary amides is 1. The topological polar surface area (TPSA) is 63.4 Å². The molecule has 1 fully saturated rings. The normalized spacial score (nSPS) is 18.9. The first-order valence-corrected chi connectivity index (χ1v) is 8.33. The van der Waals surface area contributed by atoms with Crippen molar-refractivity contribution in [1.82, 2.24) is 4.90 Å². The van der Waals surface area contributed by atoms with Gasteiger partial charge >= 0.3 is 0 Å². The van der Waals surface area contributed by atoms with Crippen molar-refractivity contribution < 1.29 is 9.59 Å². The molecule has 0 spiro atoms. The van der Waals surface area contributed by atoms with Crippen LogP contribution in [0.15, 0.2) is 33.6 Å². The predicted octanol–water partition coefficient (Wildman–Crippen LogP) is 2.41. The summed E-state index contributed by atoms with van der Waals surface area (Å²) in [5.41, 5.74) is 5.38. The summed E-state index contributed by atoms with van der Waals surface area (Å²) in [5.74, 6) is -0.0794. The molecule has 0 bridgehead atoms. The molecule has 1 aliphatic heterocycles. The highest BCUT2D eigenvalue weighted by atomic mass is 79.9. The Hall–Kier alpha value is -1.01. The predicted molar refractivity (Wildman–Crippen MR) is 83.4 cm³/mol. The van der Waals surface area contributed by atoms with E-state index in [4.69, 9.17) is 5.73 Å². The van der Waals surface area contributed by atoms with Crippen LogP contribution in [0.4, 0.5) is 0 Å². The van der Waals surface area contributed by atoms with Crippen molar-refractivity contribution in [3.8, 4) is 0 Å². The van der Waals surface area contributed by atoms with E-state index in [-0.39, 0.29) is 5.91 Å². The van der Waals surface area contributed by atoms with Gasteiger partial charge in [-0.3, -0.25) is 9.59 Å². The van der Waals surface area contributed by atoms with Gasteiger partial charge in [-0.15, -0.1) is 11.8 Å². The molecule has 0 aliphatic carbocycles. The molecule has 1 saturated heterocycles. The van der Waals surface area contributed by atoms with Gasteiger partial charge in [-0.25, -0.2) is 0 Å². The minimum Gasteiger partial charge on any atom is -0.368 e. The van der Waals surface area contributed by atoms with E-state index in [1.54, 1.807) is 4.90 Å². The largest absolute Gasteiger partial charge is 0.368 e. The van der Waals surface area contributed by atoms with Crippen LogP contribution in [0.3, 0.4) is 0 Å². The monoisotopic (exact) mass is 356 g/mol. The molecular formula is C14H17BrN2O2S. The third-order valence-electron chi connectivity index (χ3n) is 3.31. The van der Waals surface area contributed by atoms with Crippen molar-refractivity contribution in [2.75, 3.05) is 12.3 Å². The summed E-state index contributed by atoms with van der Waals surface area (Å²) >= 11 is 4.88. The molecule has 2 rings (SSSR count). The minimum absolute atomic E-state index is 0.0153. The zero-order chi connectivity index (χ0) is 14.5. The average Bonchev–Trinajstić information content (AvgIpc) is 2.45. The highest BCUT2D eigenvalue weighted by Gasteiger charge is 2.30. The number of benzene rings is 1. The third kappa shape index (κ3) is 3.99. The lowest BCUT2D eigenvalue weighted by atomic mass is 10.0. The number of nitrogens with two attached hydrogens (primary N) is 1. The SMILES string of the molecule is NC(=O)[C@@H]1CCCCN1C(=O)CSc1cccc(Br)c1. The van der Waals surface area contributed by atoms with E-state index in [1.807, 2.05) is 24.3 Å². The van der Waals surface area contributed by atoms with E-state index in [2.05, 4.69) is 15.9 Å². The Labute approximate surface area is 131 Å². The molecule has 20 heavy (non-hydrogen) atoms. The fourth-order valence-electron chi connectivity index (χ4n) is 2.31. The van der Waals surface area contributed by atoms with Crippen LogP contribution in [0, 0.1) is 0 Å². The van der Waals surface area contributed by atoms with Gasteiger partial charge < -0.3 is 10.6 Å². The number of likely N-dealkylation sites (tertiary alicyclic amines) is 1. The van der Waals surface area contributed by atoms with Gasteiger partial charge in [0.2, 0.25) is 11.8 Å². The van der Waals surface area contributed by atoms with Gasteiger partial charge in [0.05, 0.1) is 5.75 Å². The van der Waals surface area contributed by atoms with Crippen LogP contribution in [0.5, 0.6) is 0 Å². The molecule has 1 aromatic carbocycles. The van der Waals surface area contributed by atoms with Crippen LogP contribution in [-0.2, 0) is 9.59 Å². The fraction of sp³-hybridized carbons (Fsp3) is 0.429. The van der Waals surface area contributed by atoms with Crippen molar-refractivity contribution in [1.29, 1.82) is 0 Å². The summed E-state index contributed by atoms with van der Waals surface area (Å²) in [6.45, 7) is 0.630. The van der Waals surface area contributed by atoms with E-state index in [9.17, 15) is 9.59 Å². The molecule has 1 atom stereocenters. The minimum atomic E-state index is -0.431. The number of hydrogen-bond donors (Lipinski definition) is 1. The lowest BCUT2D eigenvalue weighted by molar-refractivity contribution is -0.138. The van der Waals surface area contributed by atoms with Gasteiger partial charge in [0.1, 0.15) is 6.04 Å². The molecule has 108 valence electrons. The van der Waals surface area contributed by atoms with Crippen LogP contribution < -0.4 is 5.73 Å². The van der Waals surface area contributed by atoms with Crippen LogP contribution in [0.1, 0.15) is 19.3 Å². The molecule has 6 heteroatoms. The zero-order valence-electron chi connectivity index (χ0n) is 11.0. The first-order chi connectivity index (χ1) is 9.58. The number of carbonyl (C=O) groups excluding carboxylic acids is 2. The van der Waals surface area contributed by atoms with Gasteiger partial charge in [-0.05, 0) is 37.5 Å². The van der Waals surface area contributed by atoms with Crippen LogP contribution in [-0.4, -0.2) is 35.1 Å². The zero-order valence-corrected chi connectivity index (χ0v) is 13.5. The number of halogens is 1. The van der Waals surface area contributed by atoms with Gasteiger partial charge in [0.15, 0.2) is 0 Å². The number of rotatable bonds is 4.